The molecule has 0 unspecified atom stereocenters. The van der Waals surface area contributed by atoms with Gasteiger partial charge in [-0.3, -0.25) is 4.79 Å². The summed E-state index contributed by atoms with van der Waals surface area (Å²) in [5, 5.41) is 11.9. The maximum absolute atomic E-state index is 11.8. The van der Waals surface area contributed by atoms with Crippen molar-refractivity contribution in [2.24, 2.45) is 5.41 Å². The van der Waals surface area contributed by atoms with Crippen molar-refractivity contribution >= 4 is 5.91 Å². The number of ether oxygens (including phenoxy) is 1. The van der Waals surface area contributed by atoms with E-state index in [4.69, 9.17) is 0 Å². The van der Waals surface area contributed by atoms with Crippen LogP contribution in [0.5, 0.6) is 0 Å². The van der Waals surface area contributed by atoms with Crippen molar-refractivity contribution in [3.8, 4) is 0 Å². The summed E-state index contributed by atoms with van der Waals surface area (Å²) in [5.41, 5.74) is -0.321. The predicted octanol–water partition coefficient (Wildman–Crippen LogP) is 1.62. The summed E-state index contributed by atoms with van der Waals surface area (Å²) in [6.07, 6.45) is 0.350. The highest BCUT2D eigenvalue weighted by atomic mass is 19.4. The molecule has 0 saturated heterocycles. The second kappa shape index (κ2) is 7.09. The largest absolute Gasteiger partial charge is 0.411 e. The number of rotatable bonds is 6. The zero-order chi connectivity index (χ0) is 14.4. The quantitative estimate of drug-likeness (QED) is 0.779. The van der Waals surface area contributed by atoms with Gasteiger partial charge in [0, 0.05) is 12.0 Å². The third kappa shape index (κ3) is 6.24. The number of alkyl halides is 3. The molecule has 0 bridgehead atoms. The predicted molar refractivity (Wildman–Crippen MR) is 62.5 cm³/mol. The van der Waals surface area contributed by atoms with Crippen molar-refractivity contribution in [1.29, 1.82) is 0 Å². The minimum atomic E-state index is -4.42. The van der Waals surface area contributed by atoms with Gasteiger partial charge in [0.25, 0.3) is 0 Å². The number of aliphatic hydroxyl groups excluding tert-OH is 1. The highest BCUT2D eigenvalue weighted by molar-refractivity contribution is 5.77. The molecule has 2 N–H and O–H groups in total. The number of hydrogen-bond acceptors (Lipinski definition) is 3. The number of carbonyl (C=O) groups is 1. The van der Waals surface area contributed by atoms with Gasteiger partial charge in [0.2, 0.25) is 5.91 Å². The van der Waals surface area contributed by atoms with E-state index in [9.17, 15) is 23.1 Å². The van der Waals surface area contributed by atoms with E-state index in [1.807, 2.05) is 0 Å². The molecular formula is C12H20F3NO3. The Kier molecular flexibility index (Phi) is 6.06. The summed E-state index contributed by atoms with van der Waals surface area (Å²) in [7, 11) is 0. The van der Waals surface area contributed by atoms with Gasteiger partial charge in [0.15, 0.2) is 0 Å². The van der Waals surface area contributed by atoms with Crippen LogP contribution >= 0.6 is 0 Å². The molecule has 0 atom stereocenters. The number of halogens is 3. The lowest BCUT2D eigenvalue weighted by molar-refractivity contribution is -0.175. The Bertz CT molecular complexity index is 288. The first-order valence-corrected chi connectivity index (χ1v) is 6.39. The molecule has 0 aromatic heterocycles. The van der Waals surface area contributed by atoms with Gasteiger partial charge in [-0.25, -0.2) is 0 Å². The molecule has 1 saturated carbocycles. The first-order valence-electron chi connectivity index (χ1n) is 6.39. The molecule has 4 nitrogen and oxygen atoms in total. The lowest BCUT2D eigenvalue weighted by atomic mass is 9.74. The standard InChI is InChI=1S/C12H20F3NO3/c13-12(14,15)9-19-6-10(18)16-7-11(8-17)4-2-1-3-5-11/h17H,1-9H2,(H,16,18). The summed E-state index contributed by atoms with van der Waals surface area (Å²) in [4.78, 5) is 11.3. The topological polar surface area (TPSA) is 58.6 Å². The van der Waals surface area contributed by atoms with Crippen LogP contribution in [0, 0.1) is 5.41 Å². The molecule has 112 valence electrons. The van der Waals surface area contributed by atoms with Crippen LogP contribution in [0.1, 0.15) is 32.1 Å². The van der Waals surface area contributed by atoms with E-state index in [0.29, 0.717) is 0 Å². The zero-order valence-electron chi connectivity index (χ0n) is 10.8. The van der Waals surface area contributed by atoms with E-state index in [2.05, 4.69) is 10.1 Å². The Morgan fingerprint density at radius 1 is 1.26 bits per heavy atom. The molecule has 7 heteroatoms. The summed E-state index contributed by atoms with van der Waals surface area (Å²) in [5.74, 6) is -0.581. The Hall–Kier alpha value is -0.820. The lowest BCUT2D eigenvalue weighted by Gasteiger charge is -2.35. The first kappa shape index (κ1) is 16.2. The summed E-state index contributed by atoms with van der Waals surface area (Å²) >= 11 is 0. The molecule has 1 aliphatic carbocycles. The monoisotopic (exact) mass is 283 g/mol. The third-order valence-electron chi connectivity index (χ3n) is 3.41. The van der Waals surface area contributed by atoms with Crippen molar-refractivity contribution < 1.29 is 27.8 Å². The molecule has 1 aliphatic rings. The Labute approximate surface area is 110 Å². The van der Waals surface area contributed by atoms with Crippen LogP contribution < -0.4 is 5.32 Å². The molecule has 0 aromatic carbocycles. The third-order valence-corrected chi connectivity index (χ3v) is 3.41. The minimum Gasteiger partial charge on any atom is -0.396 e. The normalized spacial score (nSPS) is 19.2. The van der Waals surface area contributed by atoms with Gasteiger partial charge in [-0.05, 0) is 12.8 Å². The molecule has 0 aliphatic heterocycles. The van der Waals surface area contributed by atoms with Crippen molar-refractivity contribution in [3.63, 3.8) is 0 Å². The van der Waals surface area contributed by atoms with Crippen LogP contribution in [0.15, 0.2) is 0 Å². The van der Waals surface area contributed by atoms with Gasteiger partial charge in [-0.2, -0.15) is 13.2 Å². The maximum Gasteiger partial charge on any atom is 0.411 e. The fourth-order valence-corrected chi connectivity index (χ4v) is 2.29. The molecule has 0 aromatic rings. The molecule has 1 fully saturated rings. The van der Waals surface area contributed by atoms with Gasteiger partial charge >= 0.3 is 6.18 Å². The SMILES string of the molecule is O=C(COCC(F)(F)F)NCC1(CO)CCCCC1. The average molecular weight is 283 g/mol. The zero-order valence-corrected chi connectivity index (χ0v) is 10.8. The van der Waals surface area contributed by atoms with Crippen molar-refractivity contribution in [1.82, 2.24) is 5.32 Å². The van der Waals surface area contributed by atoms with E-state index in [0.717, 1.165) is 32.1 Å². The van der Waals surface area contributed by atoms with Gasteiger partial charge in [-0.15, -0.1) is 0 Å². The highest BCUT2D eigenvalue weighted by Crippen LogP contribution is 2.35. The van der Waals surface area contributed by atoms with Crippen molar-refractivity contribution in [2.75, 3.05) is 26.4 Å². The Morgan fingerprint density at radius 2 is 1.89 bits per heavy atom. The fraction of sp³-hybridized carbons (Fsp3) is 0.917. The fourth-order valence-electron chi connectivity index (χ4n) is 2.29. The molecule has 1 amide bonds. The van der Waals surface area contributed by atoms with Crippen LogP contribution in [-0.2, 0) is 9.53 Å². The highest BCUT2D eigenvalue weighted by Gasteiger charge is 2.32. The molecule has 19 heavy (non-hydrogen) atoms. The van der Waals surface area contributed by atoms with E-state index in [1.54, 1.807) is 0 Å². The van der Waals surface area contributed by atoms with E-state index in [-0.39, 0.29) is 18.6 Å². The minimum absolute atomic E-state index is 0.0172. The van der Waals surface area contributed by atoms with Crippen LogP contribution in [0.2, 0.25) is 0 Å². The van der Waals surface area contributed by atoms with Crippen LogP contribution in [-0.4, -0.2) is 43.6 Å². The van der Waals surface area contributed by atoms with E-state index in [1.165, 1.54) is 0 Å². The molecule has 0 spiro atoms. The second-order valence-corrected chi connectivity index (χ2v) is 5.10. The van der Waals surface area contributed by atoms with Crippen LogP contribution in [0.3, 0.4) is 0 Å². The Morgan fingerprint density at radius 3 is 2.42 bits per heavy atom. The number of hydrogen-bond donors (Lipinski definition) is 2. The van der Waals surface area contributed by atoms with Crippen molar-refractivity contribution in [2.45, 2.75) is 38.3 Å². The van der Waals surface area contributed by atoms with Gasteiger partial charge in [-0.1, -0.05) is 19.3 Å². The number of aliphatic hydroxyl groups is 1. The number of nitrogens with one attached hydrogen (secondary N) is 1. The van der Waals surface area contributed by atoms with Crippen molar-refractivity contribution in [3.05, 3.63) is 0 Å². The smallest absolute Gasteiger partial charge is 0.396 e. The summed E-state index contributed by atoms with van der Waals surface area (Å²) in [6, 6.07) is 0. The Balaban J connectivity index is 2.25. The van der Waals surface area contributed by atoms with E-state index >= 15 is 0 Å². The average Bonchev–Trinajstić information content (AvgIpc) is 2.36. The number of carbonyl (C=O) groups excluding carboxylic acids is 1. The van der Waals surface area contributed by atoms with Crippen LogP contribution in [0.25, 0.3) is 0 Å². The van der Waals surface area contributed by atoms with Gasteiger partial charge in [0.05, 0.1) is 6.61 Å². The maximum atomic E-state index is 11.8. The van der Waals surface area contributed by atoms with Crippen LogP contribution in [0.4, 0.5) is 13.2 Å². The summed E-state index contributed by atoms with van der Waals surface area (Å²) in [6.45, 7) is -1.76. The molecule has 0 radical (unpaired) electrons. The molecular weight excluding hydrogens is 263 g/mol. The van der Waals surface area contributed by atoms with Gasteiger partial charge in [0.1, 0.15) is 13.2 Å². The first-order chi connectivity index (χ1) is 8.87. The van der Waals surface area contributed by atoms with Gasteiger partial charge < -0.3 is 15.2 Å². The summed E-state index contributed by atoms with van der Waals surface area (Å²) < 4.78 is 39.7. The second-order valence-electron chi connectivity index (χ2n) is 5.10. The lowest BCUT2D eigenvalue weighted by Crippen LogP contribution is -2.42. The van der Waals surface area contributed by atoms with E-state index < -0.39 is 25.3 Å². The molecule has 1 rings (SSSR count). The number of amides is 1. The molecule has 0 heterocycles.